The average molecular weight is 332 g/mol. The Hall–Kier alpha value is -1.26. The highest BCUT2D eigenvalue weighted by atomic mass is 16.5. The van der Waals surface area contributed by atoms with Crippen molar-refractivity contribution in [3.63, 3.8) is 0 Å². The van der Waals surface area contributed by atoms with Crippen LogP contribution in [-0.2, 0) is 6.54 Å². The minimum atomic E-state index is 0.511. The standard InChI is InChI=1S/C20H32N2O2/c1-16(2)14-24-19-12-17(4-5-18(19)23-3)13-22-11-8-20(15-22)6-9-21-10-7-20/h4-5,12,16,21H,6-11,13-15H2,1-3H3. The molecule has 0 amide bonds. The molecular formula is C20H32N2O2. The number of nitrogens with zero attached hydrogens (tertiary/aromatic N) is 1. The molecule has 1 spiro atoms. The molecule has 0 saturated carbocycles. The Morgan fingerprint density at radius 1 is 1.17 bits per heavy atom. The van der Waals surface area contributed by atoms with Crippen molar-refractivity contribution in [1.82, 2.24) is 10.2 Å². The third kappa shape index (κ3) is 4.22. The van der Waals surface area contributed by atoms with Crippen molar-refractivity contribution in [3.05, 3.63) is 23.8 Å². The first-order valence-electron chi connectivity index (χ1n) is 9.33. The van der Waals surface area contributed by atoms with Gasteiger partial charge >= 0.3 is 0 Å². The summed E-state index contributed by atoms with van der Waals surface area (Å²) in [4.78, 5) is 2.61. The number of rotatable bonds is 6. The van der Waals surface area contributed by atoms with E-state index in [4.69, 9.17) is 9.47 Å². The van der Waals surface area contributed by atoms with Crippen LogP contribution in [0.25, 0.3) is 0 Å². The molecule has 1 aromatic rings. The summed E-state index contributed by atoms with van der Waals surface area (Å²) >= 11 is 0. The van der Waals surface area contributed by atoms with Gasteiger partial charge in [-0.2, -0.15) is 0 Å². The monoisotopic (exact) mass is 332 g/mol. The predicted molar refractivity (Wildman–Crippen MR) is 97.8 cm³/mol. The van der Waals surface area contributed by atoms with E-state index in [0.717, 1.165) is 24.7 Å². The molecule has 0 atom stereocenters. The van der Waals surface area contributed by atoms with Crippen LogP contribution in [-0.4, -0.2) is 44.8 Å². The van der Waals surface area contributed by atoms with E-state index in [2.05, 4.69) is 36.2 Å². The third-order valence-electron chi connectivity index (χ3n) is 5.39. The molecule has 0 radical (unpaired) electrons. The lowest BCUT2D eigenvalue weighted by Gasteiger charge is -2.34. The van der Waals surface area contributed by atoms with E-state index >= 15 is 0 Å². The molecule has 4 nitrogen and oxygen atoms in total. The summed E-state index contributed by atoms with van der Waals surface area (Å²) in [6.07, 6.45) is 4.01. The highest BCUT2D eigenvalue weighted by molar-refractivity contribution is 5.43. The van der Waals surface area contributed by atoms with Gasteiger partial charge in [0.15, 0.2) is 11.5 Å². The minimum Gasteiger partial charge on any atom is -0.493 e. The summed E-state index contributed by atoms with van der Waals surface area (Å²) in [6.45, 7) is 10.9. The molecule has 4 heteroatoms. The van der Waals surface area contributed by atoms with Crippen molar-refractivity contribution < 1.29 is 9.47 Å². The molecule has 2 aliphatic rings. The van der Waals surface area contributed by atoms with Gasteiger partial charge in [0.25, 0.3) is 0 Å². The van der Waals surface area contributed by atoms with E-state index in [0.29, 0.717) is 11.3 Å². The van der Waals surface area contributed by atoms with Crippen LogP contribution in [0.3, 0.4) is 0 Å². The van der Waals surface area contributed by atoms with Gasteiger partial charge < -0.3 is 14.8 Å². The predicted octanol–water partition coefficient (Wildman–Crippen LogP) is 3.31. The van der Waals surface area contributed by atoms with Gasteiger partial charge in [0.1, 0.15) is 0 Å². The summed E-state index contributed by atoms with van der Waals surface area (Å²) in [6, 6.07) is 6.38. The normalized spacial score (nSPS) is 20.7. The number of likely N-dealkylation sites (tertiary alicyclic amines) is 1. The zero-order valence-electron chi connectivity index (χ0n) is 15.4. The second-order valence-corrected chi connectivity index (χ2v) is 7.90. The van der Waals surface area contributed by atoms with Gasteiger partial charge in [0, 0.05) is 13.1 Å². The van der Waals surface area contributed by atoms with Gasteiger partial charge in [-0.25, -0.2) is 0 Å². The molecule has 24 heavy (non-hydrogen) atoms. The van der Waals surface area contributed by atoms with Crippen molar-refractivity contribution in [2.75, 3.05) is 39.9 Å². The van der Waals surface area contributed by atoms with E-state index < -0.39 is 0 Å². The second-order valence-electron chi connectivity index (χ2n) is 7.90. The Bertz CT molecular complexity index is 538. The lowest BCUT2D eigenvalue weighted by molar-refractivity contribution is 0.193. The fraction of sp³-hybridized carbons (Fsp3) is 0.700. The fourth-order valence-corrected chi connectivity index (χ4v) is 3.97. The number of hydrogen-bond donors (Lipinski definition) is 1. The number of piperidine rings is 1. The van der Waals surface area contributed by atoms with Crippen LogP contribution in [0.15, 0.2) is 18.2 Å². The third-order valence-corrected chi connectivity index (χ3v) is 5.39. The van der Waals surface area contributed by atoms with E-state index in [1.807, 2.05) is 6.07 Å². The number of nitrogens with one attached hydrogen (secondary N) is 1. The van der Waals surface area contributed by atoms with E-state index in [1.54, 1.807) is 7.11 Å². The summed E-state index contributed by atoms with van der Waals surface area (Å²) in [5.74, 6) is 2.21. The Labute approximate surface area is 146 Å². The molecule has 2 heterocycles. The Morgan fingerprint density at radius 3 is 2.67 bits per heavy atom. The Kier molecular flexibility index (Phi) is 5.67. The maximum atomic E-state index is 5.95. The van der Waals surface area contributed by atoms with Crippen molar-refractivity contribution in [3.8, 4) is 11.5 Å². The zero-order valence-corrected chi connectivity index (χ0v) is 15.4. The molecule has 2 saturated heterocycles. The largest absolute Gasteiger partial charge is 0.493 e. The van der Waals surface area contributed by atoms with Crippen LogP contribution in [0.2, 0.25) is 0 Å². The molecule has 0 aliphatic carbocycles. The number of hydrogen-bond acceptors (Lipinski definition) is 4. The first kappa shape index (κ1) is 17.6. The topological polar surface area (TPSA) is 33.7 Å². The van der Waals surface area contributed by atoms with Crippen LogP contribution in [0.4, 0.5) is 0 Å². The molecular weight excluding hydrogens is 300 g/mol. The molecule has 134 valence electrons. The van der Waals surface area contributed by atoms with E-state index in [9.17, 15) is 0 Å². The highest BCUT2D eigenvalue weighted by Gasteiger charge is 2.38. The maximum Gasteiger partial charge on any atom is 0.161 e. The van der Waals surface area contributed by atoms with Crippen LogP contribution in [0, 0.1) is 11.3 Å². The Balaban J connectivity index is 1.63. The van der Waals surface area contributed by atoms with Gasteiger partial charge in [-0.1, -0.05) is 19.9 Å². The molecule has 1 aromatic carbocycles. The second kappa shape index (κ2) is 7.75. The number of ether oxygens (including phenoxy) is 2. The van der Waals surface area contributed by atoms with Crippen molar-refractivity contribution in [2.24, 2.45) is 11.3 Å². The molecule has 1 N–H and O–H groups in total. The van der Waals surface area contributed by atoms with Crippen molar-refractivity contribution >= 4 is 0 Å². The average Bonchev–Trinajstić information content (AvgIpc) is 2.95. The van der Waals surface area contributed by atoms with Crippen LogP contribution < -0.4 is 14.8 Å². The summed E-state index contributed by atoms with van der Waals surface area (Å²) < 4.78 is 11.4. The van der Waals surface area contributed by atoms with E-state index in [1.165, 1.54) is 51.0 Å². The Morgan fingerprint density at radius 2 is 1.96 bits per heavy atom. The first-order valence-corrected chi connectivity index (χ1v) is 9.33. The molecule has 0 unspecified atom stereocenters. The zero-order chi connectivity index (χ0) is 17.0. The summed E-state index contributed by atoms with van der Waals surface area (Å²) in [7, 11) is 1.71. The summed E-state index contributed by atoms with van der Waals surface area (Å²) in [5.41, 5.74) is 1.88. The molecule has 3 rings (SSSR count). The van der Waals surface area contributed by atoms with Gasteiger partial charge in [-0.3, -0.25) is 4.90 Å². The molecule has 2 fully saturated rings. The van der Waals surface area contributed by atoms with Crippen LogP contribution in [0.1, 0.15) is 38.7 Å². The van der Waals surface area contributed by atoms with E-state index in [-0.39, 0.29) is 0 Å². The van der Waals surface area contributed by atoms with Crippen molar-refractivity contribution in [2.45, 2.75) is 39.7 Å². The molecule has 0 bridgehead atoms. The van der Waals surface area contributed by atoms with Crippen LogP contribution in [0.5, 0.6) is 11.5 Å². The number of methoxy groups -OCH3 is 1. The maximum absolute atomic E-state index is 5.95. The van der Waals surface area contributed by atoms with Gasteiger partial charge in [-0.15, -0.1) is 0 Å². The van der Waals surface area contributed by atoms with Gasteiger partial charge in [-0.05, 0) is 67.9 Å². The highest BCUT2D eigenvalue weighted by Crippen LogP contribution is 2.39. The lowest BCUT2D eigenvalue weighted by atomic mass is 9.78. The minimum absolute atomic E-state index is 0.511. The lowest BCUT2D eigenvalue weighted by Crippen LogP contribution is -2.38. The quantitative estimate of drug-likeness (QED) is 0.866. The molecule has 0 aromatic heterocycles. The molecule has 2 aliphatic heterocycles. The first-order chi connectivity index (χ1) is 11.6. The van der Waals surface area contributed by atoms with Gasteiger partial charge in [0.05, 0.1) is 13.7 Å². The smallest absolute Gasteiger partial charge is 0.161 e. The SMILES string of the molecule is COc1ccc(CN2CCC3(CCNCC3)C2)cc1OCC(C)C. The number of benzene rings is 1. The fourth-order valence-electron chi connectivity index (χ4n) is 3.97. The van der Waals surface area contributed by atoms with Crippen LogP contribution >= 0.6 is 0 Å². The van der Waals surface area contributed by atoms with Gasteiger partial charge in [0.2, 0.25) is 0 Å². The summed E-state index contributed by atoms with van der Waals surface area (Å²) in [5, 5.41) is 3.49. The van der Waals surface area contributed by atoms with Crippen molar-refractivity contribution in [1.29, 1.82) is 0 Å².